The van der Waals surface area contributed by atoms with Crippen LogP contribution in [0, 0.1) is 11.3 Å². The van der Waals surface area contributed by atoms with E-state index in [-0.39, 0.29) is 16.6 Å². The van der Waals surface area contributed by atoms with Gasteiger partial charge in [-0.2, -0.15) is 14.0 Å². The van der Waals surface area contributed by atoms with Gasteiger partial charge in [0.05, 0.1) is 11.1 Å². The number of hydrogen-bond acceptors (Lipinski definition) is 2. The lowest BCUT2D eigenvalue weighted by atomic mass is 10.2. The average Bonchev–Trinajstić information content (AvgIpc) is 2.72. The summed E-state index contributed by atoms with van der Waals surface area (Å²) in [5.41, 5.74) is 0.139. The molecule has 7 heteroatoms. The fourth-order valence-corrected chi connectivity index (χ4v) is 1.38. The smallest absolute Gasteiger partial charge is 0.337 e. The topological polar surface area (TPSA) is 52.5 Å². The molecule has 0 radical (unpaired) electrons. The molecular weight excluding hydrogens is 238 g/mol. The van der Waals surface area contributed by atoms with Crippen LogP contribution in [-0.4, -0.2) is 16.4 Å². The average molecular weight is 243 g/mol. The van der Waals surface area contributed by atoms with Crippen LogP contribution in [0.4, 0.5) is 17.6 Å². The molecule has 0 amide bonds. The van der Waals surface area contributed by atoms with E-state index in [2.05, 4.69) is 9.97 Å². The SMILES string of the molecule is N#Cc1cccc2[nH]c(C(F)(F)C(F)F)nc12. The molecule has 0 bridgehead atoms. The summed E-state index contributed by atoms with van der Waals surface area (Å²) in [6.07, 6.45) is -3.85. The number of H-pyrrole nitrogens is 1. The van der Waals surface area contributed by atoms with Crippen LogP contribution in [0.1, 0.15) is 11.4 Å². The predicted octanol–water partition coefficient (Wildman–Crippen LogP) is 2.79. The quantitative estimate of drug-likeness (QED) is 0.824. The lowest BCUT2D eigenvalue weighted by Gasteiger charge is -2.11. The first-order valence-corrected chi connectivity index (χ1v) is 4.52. The highest BCUT2D eigenvalue weighted by atomic mass is 19.3. The minimum absolute atomic E-state index is 0.0367. The number of rotatable bonds is 2. The van der Waals surface area contributed by atoms with E-state index in [1.807, 2.05) is 0 Å². The standard InChI is InChI=1S/C10H5F4N3/c11-8(12)10(13,14)9-16-6-3-1-2-5(4-15)7(6)17-9/h1-3,8H,(H,16,17). The van der Waals surface area contributed by atoms with Gasteiger partial charge in [-0.25, -0.2) is 13.8 Å². The highest BCUT2D eigenvalue weighted by Crippen LogP contribution is 2.33. The number of nitrogens with zero attached hydrogens (tertiary/aromatic N) is 2. The number of nitriles is 1. The Hall–Kier alpha value is -2.10. The van der Waals surface area contributed by atoms with Crippen molar-refractivity contribution in [2.24, 2.45) is 0 Å². The number of para-hydroxylation sites is 1. The molecule has 17 heavy (non-hydrogen) atoms. The van der Waals surface area contributed by atoms with Crippen LogP contribution in [0.5, 0.6) is 0 Å². The van der Waals surface area contributed by atoms with E-state index in [9.17, 15) is 17.6 Å². The van der Waals surface area contributed by atoms with Gasteiger partial charge in [-0.1, -0.05) is 6.07 Å². The zero-order valence-electron chi connectivity index (χ0n) is 8.22. The second kappa shape index (κ2) is 3.73. The van der Waals surface area contributed by atoms with Crippen LogP contribution in [0.2, 0.25) is 0 Å². The Balaban J connectivity index is 2.64. The Morgan fingerprint density at radius 2 is 2.06 bits per heavy atom. The summed E-state index contributed by atoms with van der Waals surface area (Å²) >= 11 is 0. The van der Waals surface area contributed by atoms with Gasteiger partial charge in [-0.05, 0) is 12.1 Å². The molecule has 1 heterocycles. The third kappa shape index (κ3) is 1.71. The Bertz CT molecular complexity index is 597. The molecule has 0 atom stereocenters. The maximum Gasteiger partial charge on any atom is 0.363 e. The van der Waals surface area contributed by atoms with E-state index in [1.165, 1.54) is 18.2 Å². The number of fused-ring (bicyclic) bond motifs is 1. The van der Waals surface area contributed by atoms with E-state index < -0.39 is 18.2 Å². The van der Waals surface area contributed by atoms with Crippen LogP contribution in [0.15, 0.2) is 18.2 Å². The van der Waals surface area contributed by atoms with Gasteiger partial charge in [0, 0.05) is 0 Å². The molecule has 0 saturated heterocycles. The van der Waals surface area contributed by atoms with Crippen molar-refractivity contribution in [1.29, 1.82) is 5.26 Å². The predicted molar refractivity (Wildman–Crippen MR) is 50.7 cm³/mol. The van der Waals surface area contributed by atoms with E-state index in [0.717, 1.165) is 0 Å². The second-order valence-electron chi connectivity index (χ2n) is 3.32. The summed E-state index contributed by atoms with van der Waals surface area (Å²) in [6.45, 7) is 0. The van der Waals surface area contributed by atoms with Gasteiger partial charge in [0.2, 0.25) is 0 Å². The Morgan fingerprint density at radius 3 is 2.65 bits per heavy atom. The Morgan fingerprint density at radius 1 is 1.35 bits per heavy atom. The summed E-state index contributed by atoms with van der Waals surface area (Å²) in [7, 11) is 0. The number of nitrogens with one attached hydrogen (secondary N) is 1. The summed E-state index contributed by atoms with van der Waals surface area (Å²) in [5, 5.41) is 8.72. The van der Waals surface area contributed by atoms with Crippen LogP contribution < -0.4 is 0 Å². The number of aromatic amines is 1. The van der Waals surface area contributed by atoms with Gasteiger partial charge < -0.3 is 4.98 Å². The number of alkyl halides is 4. The molecule has 1 N–H and O–H groups in total. The monoisotopic (exact) mass is 243 g/mol. The highest BCUT2D eigenvalue weighted by Gasteiger charge is 2.45. The molecule has 88 valence electrons. The number of imidazole rings is 1. The molecule has 3 nitrogen and oxygen atoms in total. The second-order valence-corrected chi connectivity index (χ2v) is 3.32. The third-order valence-electron chi connectivity index (χ3n) is 2.22. The lowest BCUT2D eigenvalue weighted by molar-refractivity contribution is -0.140. The van der Waals surface area contributed by atoms with Gasteiger partial charge in [0.1, 0.15) is 11.6 Å². The van der Waals surface area contributed by atoms with Crippen molar-refractivity contribution in [2.45, 2.75) is 12.3 Å². The van der Waals surface area contributed by atoms with E-state index in [4.69, 9.17) is 5.26 Å². The zero-order chi connectivity index (χ0) is 12.6. The van der Waals surface area contributed by atoms with Crippen LogP contribution in [0.3, 0.4) is 0 Å². The Labute approximate surface area is 92.7 Å². The van der Waals surface area contributed by atoms with Crippen molar-refractivity contribution in [1.82, 2.24) is 9.97 Å². The summed E-state index contributed by atoms with van der Waals surface area (Å²) in [5.74, 6) is -5.49. The van der Waals surface area contributed by atoms with E-state index in [0.29, 0.717) is 0 Å². The molecule has 0 aliphatic heterocycles. The molecule has 0 spiro atoms. The van der Waals surface area contributed by atoms with Crippen LogP contribution in [-0.2, 0) is 5.92 Å². The van der Waals surface area contributed by atoms with Gasteiger partial charge in [-0.15, -0.1) is 0 Å². The third-order valence-corrected chi connectivity index (χ3v) is 2.22. The molecular formula is C10H5F4N3. The van der Waals surface area contributed by atoms with Crippen molar-refractivity contribution in [3.05, 3.63) is 29.6 Å². The first-order valence-electron chi connectivity index (χ1n) is 4.52. The van der Waals surface area contributed by atoms with Crippen molar-refractivity contribution in [2.75, 3.05) is 0 Å². The van der Waals surface area contributed by atoms with Crippen molar-refractivity contribution < 1.29 is 17.6 Å². The minimum Gasteiger partial charge on any atom is -0.337 e. The first-order chi connectivity index (χ1) is 7.96. The molecule has 2 rings (SSSR count). The molecule has 0 aliphatic rings. The first kappa shape index (κ1) is 11.4. The molecule has 1 aromatic heterocycles. The molecule has 2 aromatic rings. The lowest BCUT2D eigenvalue weighted by Crippen LogP contribution is -2.25. The summed E-state index contributed by atoms with van der Waals surface area (Å²) < 4.78 is 50.3. The maximum atomic E-state index is 13.0. The Kier molecular flexibility index (Phi) is 2.50. The fourth-order valence-electron chi connectivity index (χ4n) is 1.38. The number of hydrogen-bond donors (Lipinski definition) is 1. The maximum absolute atomic E-state index is 13.0. The van der Waals surface area contributed by atoms with Crippen molar-refractivity contribution >= 4 is 11.0 Å². The summed E-state index contributed by atoms with van der Waals surface area (Å²) in [4.78, 5) is 5.47. The highest BCUT2D eigenvalue weighted by molar-refractivity contribution is 5.81. The number of halogens is 4. The van der Waals surface area contributed by atoms with Crippen LogP contribution >= 0.6 is 0 Å². The zero-order valence-corrected chi connectivity index (χ0v) is 8.22. The molecule has 0 fully saturated rings. The van der Waals surface area contributed by atoms with Gasteiger partial charge in [-0.3, -0.25) is 0 Å². The minimum atomic E-state index is -4.36. The fraction of sp³-hybridized carbons (Fsp3) is 0.200. The van der Waals surface area contributed by atoms with E-state index >= 15 is 0 Å². The molecule has 0 aliphatic carbocycles. The van der Waals surface area contributed by atoms with Gasteiger partial charge in [0.15, 0.2) is 5.82 Å². The van der Waals surface area contributed by atoms with Gasteiger partial charge >= 0.3 is 12.3 Å². The van der Waals surface area contributed by atoms with Crippen LogP contribution in [0.25, 0.3) is 11.0 Å². The van der Waals surface area contributed by atoms with Crippen molar-refractivity contribution in [3.8, 4) is 6.07 Å². The molecule has 0 saturated carbocycles. The van der Waals surface area contributed by atoms with Gasteiger partial charge in [0.25, 0.3) is 0 Å². The molecule has 0 unspecified atom stereocenters. The van der Waals surface area contributed by atoms with Crippen molar-refractivity contribution in [3.63, 3.8) is 0 Å². The van der Waals surface area contributed by atoms with E-state index in [1.54, 1.807) is 6.07 Å². The largest absolute Gasteiger partial charge is 0.363 e. The normalized spacial score (nSPS) is 12.0. The summed E-state index contributed by atoms with van der Waals surface area (Å²) in [6, 6.07) is 5.95. The molecule has 1 aromatic carbocycles. The number of aromatic nitrogens is 2. The number of benzene rings is 1.